The highest BCUT2D eigenvalue weighted by Gasteiger charge is 1.99. The number of hydrogen-bond donors (Lipinski definition) is 0. The lowest BCUT2D eigenvalue weighted by atomic mass is 10.5. The molecule has 0 aliphatic rings. The minimum Gasteiger partial charge on any atom is -0.494 e. The van der Waals surface area contributed by atoms with Crippen molar-refractivity contribution in [2.45, 2.75) is 0 Å². The van der Waals surface area contributed by atoms with E-state index < -0.39 is 7.04 Å². The highest BCUT2D eigenvalue weighted by molar-refractivity contribution is 9.11. The summed E-state index contributed by atoms with van der Waals surface area (Å²) in [5, 5.41) is 0. The van der Waals surface area contributed by atoms with Gasteiger partial charge < -0.3 is 4.74 Å². The molecule has 0 bridgehead atoms. The molecule has 0 saturated heterocycles. The second kappa shape index (κ2) is 3.34. The minimum atomic E-state index is -2.65. The van der Waals surface area contributed by atoms with Gasteiger partial charge in [0, 0.05) is 10.6 Å². The molecular weight excluding hydrogens is 262 g/mol. The molecule has 0 aliphatic carbocycles. The van der Waals surface area contributed by atoms with E-state index in [-0.39, 0.29) is 27.0 Å². The Bertz CT molecular complexity index is 394. The van der Waals surface area contributed by atoms with E-state index in [4.69, 9.17) is 6.85 Å². The molecule has 1 aromatic rings. The van der Waals surface area contributed by atoms with E-state index in [1.807, 2.05) is 0 Å². The smallest absolute Gasteiger partial charge is 0.152 e. The van der Waals surface area contributed by atoms with E-state index in [0.29, 0.717) is 0 Å². The second-order valence-corrected chi connectivity index (χ2v) is 2.93. The number of hydrogen-bond acceptors (Lipinski definition) is 2. The second-order valence-electron chi connectivity index (χ2n) is 1.38. The third-order valence-electron chi connectivity index (χ3n) is 0.765. The zero-order chi connectivity index (χ0) is 11.8. The first-order valence-corrected chi connectivity index (χ1v) is 3.82. The summed E-state index contributed by atoms with van der Waals surface area (Å²) in [7, 11) is -2.65. The van der Waals surface area contributed by atoms with Gasteiger partial charge in [-0.3, -0.25) is 0 Å². The Hall–Kier alpha value is -0.0900. The van der Waals surface area contributed by atoms with E-state index in [1.54, 1.807) is 0 Å². The quantitative estimate of drug-likeness (QED) is 0.733. The van der Waals surface area contributed by atoms with Crippen molar-refractivity contribution in [2.24, 2.45) is 0 Å². The molecule has 0 unspecified atom stereocenters. The van der Waals surface area contributed by atoms with Gasteiger partial charge in [-0.2, -0.15) is 0 Å². The Morgan fingerprint density at radius 1 is 1.80 bits per heavy atom. The molecule has 1 heterocycles. The Balaban J connectivity index is 3.24. The van der Waals surface area contributed by atoms with Crippen LogP contribution >= 0.6 is 31.9 Å². The zero-order valence-corrected chi connectivity index (χ0v) is 7.78. The third-order valence-corrected chi connectivity index (χ3v) is 1.68. The van der Waals surface area contributed by atoms with Crippen LogP contribution in [0.1, 0.15) is 6.85 Å². The zero-order valence-electron chi connectivity index (χ0n) is 9.61. The summed E-state index contributed by atoms with van der Waals surface area (Å²) in [6.45, 7) is 0. The van der Waals surface area contributed by atoms with Gasteiger partial charge in [0.25, 0.3) is 0 Å². The van der Waals surface area contributed by atoms with Crippen molar-refractivity contribution in [1.82, 2.24) is 4.98 Å². The first-order valence-electron chi connectivity index (χ1n) is 4.73. The molecule has 54 valence electrons. The first kappa shape index (κ1) is 3.54. The molecule has 1 aromatic heterocycles. The fourth-order valence-electron chi connectivity index (χ4n) is 0.396. The van der Waals surface area contributed by atoms with Crippen LogP contribution in [-0.4, -0.2) is 12.0 Å². The SMILES string of the molecule is [2H]c1nc(Br)c(OC([2H])([2H])[2H])c([2H])c1Br. The van der Waals surface area contributed by atoms with Crippen LogP contribution in [0.5, 0.6) is 5.75 Å². The topological polar surface area (TPSA) is 22.1 Å². The molecule has 0 N–H and O–H groups in total. The van der Waals surface area contributed by atoms with E-state index in [0.717, 1.165) is 0 Å². The fraction of sp³-hybridized carbons (Fsp3) is 0.167. The molecule has 2 nitrogen and oxygen atoms in total. The van der Waals surface area contributed by atoms with Gasteiger partial charge in [-0.1, -0.05) is 0 Å². The average Bonchev–Trinajstić information content (AvgIpc) is 2.07. The van der Waals surface area contributed by atoms with Crippen molar-refractivity contribution in [3.63, 3.8) is 0 Å². The molecule has 0 fully saturated rings. The molecule has 0 radical (unpaired) electrons. The van der Waals surface area contributed by atoms with Crippen LogP contribution in [-0.2, 0) is 0 Å². The minimum absolute atomic E-state index is 0.0248. The van der Waals surface area contributed by atoms with Crippen LogP contribution in [0.15, 0.2) is 21.3 Å². The number of pyridine rings is 1. The van der Waals surface area contributed by atoms with Gasteiger partial charge in [-0.05, 0) is 37.9 Å². The van der Waals surface area contributed by atoms with Crippen LogP contribution in [0.3, 0.4) is 0 Å². The number of halogens is 2. The number of aromatic nitrogens is 1. The normalized spacial score (nSPS) is 18.0. The van der Waals surface area contributed by atoms with Gasteiger partial charge >= 0.3 is 0 Å². The van der Waals surface area contributed by atoms with Gasteiger partial charge in [0.1, 0.15) is 4.60 Å². The van der Waals surface area contributed by atoms with E-state index in [9.17, 15) is 0 Å². The largest absolute Gasteiger partial charge is 0.494 e. The number of nitrogens with zero attached hydrogens (tertiary/aromatic N) is 1. The average molecular weight is 272 g/mol. The molecule has 0 saturated carbocycles. The highest BCUT2D eigenvalue weighted by Crippen LogP contribution is 2.24. The standard InChI is InChI=1S/C6H5Br2NO/c1-10-5-2-4(7)3-9-6(5)8/h2-3H,1H3/i1D3,2D,3D. The van der Waals surface area contributed by atoms with Crippen molar-refractivity contribution in [2.75, 3.05) is 7.04 Å². The molecule has 0 atom stereocenters. The maximum absolute atomic E-state index is 7.55. The van der Waals surface area contributed by atoms with Gasteiger partial charge in [0.05, 0.1) is 13.9 Å². The lowest BCUT2D eigenvalue weighted by Gasteiger charge is -2.00. The van der Waals surface area contributed by atoms with E-state index in [1.165, 1.54) is 0 Å². The van der Waals surface area contributed by atoms with E-state index in [2.05, 4.69) is 41.6 Å². The van der Waals surface area contributed by atoms with Crippen LogP contribution in [0.25, 0.3) is 0 Å². The summed E-state index contributed by atoms with van der Waals surface area (Å²) in [6, 6.07) is -0.224. The first-order chi connectivity index (χ1) is 6.72. The summed E-state index contributed by atoms with van der Waals surface area (Å²) in [5.74, 6) is -0.210. The Labute approximate surface area is 82.9 Å². The van der Waals surface area contributed by atoms with Crippen molar-refractivity contribution in [1.29, 1.82) is 0 Å². The number of rotatable bonds is 1. The third kappa shape index (κ3) is 1.70. The van der Waals surface area contributed by atoms with Crippen LogP contribution in [0, 0.1) is 0 Å². The maximum Gasteiger partial charge on any atom is 0.152 e. The number of methoxy groups -OCH3 is 1. The Morgan fingerprint density at radius 3 is 3.30 bits per heavy atom. The van der Waals surface area contributed by atoms with Crippen LogP contribution in [0.4, 0.5) is 0 Å². The van der Waals surface area contributed by atoms with Crippen molar-refractivity contribution in [3.05, 3.63) is 21.3 Å². The molecule has 0 amide bonds. The molecule has 4 heteroatoms. The van der Waals surface area contributed by atoms with Crippen LogP contribution < -0.4 is 4.74 Å². The monoisotopic (exact) mass is 270 g/mol. The van der Waals surface area contributed by atoms with Crippen molar-refractivity contribution >= 4 is 31.9 Å². The fourth-order valence-corrected chi connectivity index (χ4v) is 0.933. The molecule has 0 aliphatic heterocycles. The summed E-state index contributed by atoms with van der Waals surface area (Å²) >= 11 is 5.89. The number of ether oxygens (including phenoxy) is 1. The molecular formula is C6H5Br2NO. The molecule has 0 spiro atoms. The van der Waals surface area contributed by atoms with E-state index >= 15 is 0 Å². The van der Waals surface area contributed by atoms with Crippen molar-refractivity contribution in [3.8, 4) is 5.75 Å². The van der Waals surface area contributed by atoms with Gasteiger partial charge in [-0.15, -0.1) is 0 Å². The summed E-state index contributed by atoms with van der Waals surface area (Å²) in [6.07, 6.45) is -0.162. The highest BCUT2D eigenvalue weighted by atomic mass is 79.9. The maximum atomic E-state index is 7.55. The van der Waals surface area contributed by atoms with Gasteiger partial charge in [0.15, 0.2) is 5.75 Å². The molecule has 0 aromatic carbocycles. The van der Waals surface area contributed by atoms with Crippen molar-refractivity contribution < 1.29 is 11.6 Å². The van der Waals surface area contributed by atoms with Gasteiger partial charge in [0.2, 0.25) is 0 Å². The lowest BCUT2D eigenvalue weighted by molar-refractivity contribution is 0.409. The van der Waals surface area contributed by atoms with Gasteiger partial charge in [-0.25, -0.2) is 4.98 Å². The summed E-state index contributed by atoms with van der Waals surface area (Å²) in [5.41, 5.74) is 0. The predicted octanol–water partition coefficient (Wildman–Crippen LogP) is 2.62. The van der Waals surface area contributed by atoms with Crippen LogP contribution in [0.2, 0.25) is 0 Å². The molecule has 10 heavy (non-hydrogen) atoms. The Morgan fingerprint density at radius 2 is 2.60 bits per heavy atom. The molecule has 1 rings (SSSR count). The predicted molar refractivity (Wildman–Crippen MR) is 46.2 cm³/mol. The summed E-state index contributed by atoms with van der Waals surface area (Å²) < 4.78 is 40.3. The Kier molecular flexibility index (Phi) is 1.18. The summed E-state index contributed by atoms with van der Waals surface area (Å²) in [4.78, 5) is 3.66. The lowest BCUT2D eigenvalue weighted by Crippen LogP contribution is -1.85.